The zero-order valence-corrected chi connectivity index (χ0v) is 21.0. The van der Waals surface area contributed by atoms with E-state index in [-0.39, 0.29) is 10.8 Å². The minimum absolute atomic E-state index is 0.0403. The topological polar surface area (TPSA) is 52.6 Å². The lowest BCUT2D eigenvalue weighted by atomic mass is 9.86. The van der Waals surface area contributed by atoms with Gasteiger partial charge in [-0.25, -0.2) is 0 Å². The molecule has 0 unspecified atom stereocenters. The Balaban J connectivity index is 1.68. The molecule has 0 atom stereocenters. The summed E-state index contributed by atoms with van der Waals surface area (Å²) in [7, 11) is 0. The molecule has 34 heavy (non-hydrogen) atoms. The van der Waals surface area contributed by atoms with Gasteiger partial charge in [-0.1, -0.05) is 71.9 Å². The molecule has 4 heteroatoms. The van der Waals surface area contributed by atoms with Crippen LogP contribution in [0.25, 0.3) is 0 Å². The lowest BCUT2D eigenvalue weighted by molar-refractivity contribution is 0.111. The Morgan fingerprint density at radius 1 is 0.618 bits per heavy atom. The predicted octanol–water partition coefficient (Wildman–Crippen LogP) is 7.06. The molecule has 0 spiro atoms. The van der Waals surface area contributed by atoms with E-state index >= 15 is 0 Å². The summed E-state index contributed by atoms with van der Waals surface area (Å²) in [4.78, 5) is 23.2. The van der Waals surface area contributed by atoms with Gasteiger partial charge in [0, 0.05) is 0 Å². The Bertz CT molecular complexity index is 1070. The molecule has 3 aromatic carbocycles. The molecule has 4 nitrogen and oxygen atoms in total. The van der Waals surface area contributed by atoms with Gasteiger partial charge in [0.15, 0.2) is 12.6 Å². The molecule has 0 radical (unpaired) electrons. The average Bonchev–Trinajstić information content (AvgIpc) is 2.80. The SMILES string of the molecule is CC(C)(C)c1ccc(OCc2cccc(COc3ccc(C(C)(C)C)cc3C=O)c2)c(C=O)c1. The molecule has 0 N–H and O–H groups in total. The van der Waals surface area contributed by atoms with Gasteiger partial charge in [0.1, 0.15) is 24.7 Å². The maximum Gasteiger partial charge on any atom is 0.153 e. The van der Waals surface area contributed by atoms with Crippen LogP contribution in [0.4, 0.5) is 0 Å². The van der Waals surface area contributed by atoms with Crippen LogP contribution < -0.4 is 9.47 Å². The summed E-state index contributed by atoms with van der Waals surface area (Å²) >= 11 is 0. The number of ether oxygens (including phenoxy) is 2. The van der Waals surface area contributed by atoms with E-state index in [1.165, 1.54) is 0 Å². The second-order valence-corrected chi connectivity index (χ2v) is 10.6. The van der Waals surface area contributed by atoms with Gasteiger partial charge in [-0.3, -0.25) is 9.59 Å². The van der Waals surface area contributed by atoms with E-state index in [0.717, 1.165) is 34.8 Å². The molecule has 0 heterocycles. The van der Waals surface area contributed by atoms with E-state index < -0.39 is 0 Å². The molecule has 3 rings (SSSR count). The van der Waals surface area contributed by atoms with E-state index in [4.69, 9.17) is 9.47 Å². The van der Waals surface area contributed by atoms with Crippen molar-refractivity contribution >= 4 is 12.6 Å². The Morgan fingerprint density at radius 2 is 1.03 bits per heavy atom. The highest BCUT2D eigenvalue weighted by Crippen LogP contribution is 2.29. The van der Waals surface area contributed by atoms with Gasteiger partial charge in [0.05, 0.1) is 11.1 Å². The Morgan fingerprint density at radius 3 is 1.38 bits per heavy atom. The van der Waals surface area contributed by atoms with Crippen molar-refractivity contribution in [3.05, 3.63) is 94.0 Å². The number of hydrogen-bond acceptors (Lipinski definition) is 4. The van der Waals surface area contributed by atoms with E-state index in [0.29, 0.717) is 35.8 Å². The van der Waals surface area contributed by atoms with Crippen LogP contribution in [0, 0.1) is 0 Å². The van der Waals surface area contributed by atoms with Crippen LogP contribution in [0.2, 0.25) is 0 Å². The Labute approximate surface area is 202 Å². The van der Waals surface area contributed by atoms with E-state index in [9.17, 15) is 9.59 Å². The molecule has 0 saturated heterocycles. The van der Waals surface area contributed by atoms with Crippen molar-refractivity contribution in [3.63, 3.8) is 0 Å². The second kappa shape index (κ2) is 10.3. The zero-order chi connectivity index (χ0) is 24.9. The molecule has 0 fully saturated rings. The molecule has 0 bridgehead atoms. The summed E-state index contributed by atoms with van der Waals surface area (Å²) in [6.07, 6.45) is 1.68. The number of benzene rings is 3. The average molecular weight is 459 g/mol. The molecule has 0 aliphatic rings. The molecule has 3 aromatic rings. The van der Waals surface area contributed by atoms with E-state index in [1.807, 2.05) is 60.7 Å². The van der Waals surface area contributed by atoms with Crippen molar-refractivity contribution in [1.29, 1.82) is 0 Å². The van der Waals surface area contributed by atoms with Gasteiger partial charge in [0.25, 0.3) is 0 Å². The van der Waals surface area contributed by atoms with Gasteiger partial charge in [0.2, 0.25) is 0 Å². The number of carbonyl (C=O) groups is 2. The maximum absolute atomic E-state index is 11.6. The van der Waals surface area contributed by atoms with Crippen molar-refractivity contribution in [3.8, 4) is 11.5 Å². The van der Waals surface area contributed by atoms with Crippen LogP contribution >= 0.6 is 0 Å². The maximum atomic E-state index is 11.6. The fourth-order valence-corrected chi connectivity index (χ4v) is 3.61. The summed E-state index contributed by atoms with van der Waals surface area (Å²) in [5.74, 6) is 1.14. The molecule has 0 aliphatic carbocycles. The molecular weight excluding hydrogens is 424 g/mol. The third-order valence-electron chi connectivity index (χ3n) is 5.79. The minimum Gasteiger partial charge on any atom is -0.488 e. The van der Waals surface area contributed by atoms with Crippen molar-refractivity contribution in [1.82, 2.24) is 0 Å². The fourth-order valence-electron chi connectivity index (χ4n) is 3.61. The smallest absolute Gasteiger partial charge is 0.153 e. The van der Waals surface area contributed by atoms with Crippen LogP contribution in [0.1, 0.15) is 84.5 Å². The highest BCUT2D eigenvalue weighted by atomic mass is 16.5. The van der Waals surface area contributed by atoms with Gasteiger partial charge < -0.3 is 9.47 Å². The van der Waals surface area contributed by atoms with Crippen molar-refractivity contribution < 1.29 is 19.1 Å². The normalized spacial score (nSPS) is 11.7. The molecular formula is C30H34O4. The summed E-state index contributed by atoms with van der Waals surface area (Å²) < 4.78 is 11.9. The standard InChI is InChI=1S/C30H34O4/c1-29(2,3)25-10-12-27(23(15-25)17-31)33-19-21-8-7-9-22(14-21)20-34-28-13-11-26(30(4,5)6)16-24(28)18-32/h7-18H,19-20H2,1-6H3. The molecule has 0 aromatic heterocycles. The number of carbonyl (C=O) groups excluding carboxylic acids is 2. The first-order valence-corrected chi connectivity index (χ1v) is 11.5. The summed E-state index contributed by atoms with van der Waals surface area (Å²) in [6, 6.07) is 19.4. The Kier molecular flexibility index (Phi) is 7.61. The minimum atomic E-state index is -0.0403. The molecule has 0 amide bonds. The zero-order valence-electron chi connectivity index (χ0n) is 21.0. The first-order valence-electron chi connectivity index (χ1n) is 11.5. The third kappa shape index (κ3) is 6.34. The van der Waals surface area contributed by atoms with Gasteiger partial charge in [-0.05, 0) is 63.4 Å². The second-order valence-electron chi connectivity index (χ2n) is 10.6. The largest absolute Gasteiger partial charge is 0.488 e. The van der Waals surface area contributed by atoms with E-state index in [1.54, 1.807) is 0 Å². The van der Waals surface area contributed by atoms with Gasteiger partial charge in [-0.15, -0.1) is 0 Å². The number of aldehydes is 2. The van der Waals surface area contributed by atoms with Crippen LogP contribution in [0.5, 0.6) is 11.5 Å². The summed E-state index contributed by atoms with van der Waals surface area (Å²) in [5, 5.41) is 0. The predicted molar refractivity (Wildman–Crippen MR) is 136 cm³/mol. The number of hydrogen-bond donors (Lipinski definition) is 0. The van der Waals surface area contributed by atoms with Gasteiger partial charge >= 0.3 is 0 Å². The molecule has 0 aliphatic heterocycles. The van der Waals surface area contributed by atoms with Crippen LogP contribution in [-0.4, -0.2) is 12.6 Å². The van der Waals surface area contributed by atoms with Crippen LogP contribution in [0.3, 0.4) is 0 Å². The van der Waals surface area contributed by atoms with Crippen molar-refractivity contribution in [2.75, 3.05) is 0 Å². The van der Waals surface area contributed by atoms with Gasteiger partial charge in [-0.2, -0.15) is 0 Å². The fraction of sp³-hybridized carbons (Fsp3) is 0.333. The van der Waals surface area contributed by atoms with Crippen molar-refractivity contribution in [2.45, 2.75) is 65.6 Å². The van der Waals surface area contributed by atoms with Crippen LogP contribution in [-0.2, 0) is 24.0 Å². The highest BCUT2D eigenvalue weighted by molar-refractivity contribution is 5.80. The van der Waals surface area contributed by atoms with Crippen LogP contribution in [0.15, 0.2) is 60.7 Å². The van der Waals surface area contributed by atoms with E-state index in [2.05, 4.69) is 41.5 Å². The monoisotopic (exact) mass is 458 g/mol. The number of rotatable bonds is 8. The highest BCUT2D eigenvalue weighted by Gasteiger charge is 2.17. The lowest BCUT2D eigenvalue weighted by Crippen LogP contribution is -2.12. The molecule has 0 saturated carbocycles. The first kappa shape index (κ1) is 25.2. The quantitative estimate of drug-likeness (QED) is 0.339. The first-order chi connectivity index (χ1) is 16.0. The summed E-state index contributed by atoms with van der Waals surface area (Å²) in [5.41, 5.74) is 5.13. The summed E-state index contributed by atoms with van der Waals surface area (Å²) in [6.45, 7) is 13.4. The third-order valence-corrected chi connectivity index (χ3v) is 5.79. The Hall–Kier alpha value is -3.40. The lowest BCUT2D eigenvalue weighted by Gasteiger charge is -2.20. The molecule has 178 valence electrons. The van der Waals surface area contributed by atoms with Crippen molar-refractivity contribution in [2.24, 2.45) is 0 Å².